The van der Waals surface area contributed by atoms with Crippen LogP contribution >= 0.6 is 12.2 Å². The van der Waals surface area contributed by atoms with Gasteiger partial charge in [-0.15, -0.1) is 0 Å². The van der Waals surface area contributed by atoms with Crippen LogP contribution < -0.4 is 16.0 Å². The fourth-order valence-electron chi connectivity index (χ4n) is 16.4. The van der Waals surface area contributed by atoms with Crippen molar-refractivity contribution in [1.29, 1.82) is 0 Å². The molecule has 0 aliphatic carbocycles. The molecule has 0 radical (unpaired) electrons. The standard InChI is InChI=1S/C71H121N3O53S/c75-7-20-30(85)33(88)43(98)60(112-20)108-16-71(17-109-61-44(99)34(89)31(86)21(8-76)113-61,18-110-62-45(100)35(90)32(87)22(9-77)114-62)74-29(84)4-2-1-3-5-72-70(128)73-6-19-53-36(91)46(101)63(111-19)122-54-23(10-78)116-65(48(103)38(54)93)124-56-25(12-80)118-67(50(105)40(56)95)126-58-27(14-82)120-69(52(107)42(58)97)127-59-28(15-83)119-68(51(106)41(59)96)125-57-26(13-81)117-66(49(104)39(57)94)123-55-24(11-79)115-64(121-53)47(102)37(55)92/h19-28,30-69,75-83,85-107H,1-18H2,(H,74,84)(H2,72,73,128)/t19-,20-,21-,22-,23-,24-,25-,26-,27-,28-,30-,31-,32-,33+,34+,35+,36-,37-,38-,39-,40-,41-,42-,43+,44+,45+,46-,47-,48-,49-,50-,51-,52-,53-,54-,55-,56-,57-,58-,59-,60+,61+,62+,63-,64-,65-,66-,67-,68-,69-/m1/s1. The van der Waals surface area contributed by atoms with Crippen LogP contribution in [0.3, 0.4) is 0 Å². The first kappa shape index (κ1) is 106. The van der Waals surface area contributed by atoms with E-state index in [1.807, 2.05) is 0 Å². The predicted octanol–water partition coefficient (Wildman–Crippen LogP) is -22.9. The van der Waals surface area contributed by atoms with Crippen LogP contribution in [0.15, 0.2) is 0 Å². The highest BCUT2D eigenvalue weighted by atomic mass is 32.1. The van der Waals surface area contributed by atoms with Crippen LogP contribution in [-0.4, -0.2) is 579 Å². The van der Waals surface area contributed by atoms with Gasteiger partial charge in [0, 0.05) is 19.5 Å². The summed E-state index contributed by atoms with van der Waals surface area (Å²) in [5.41, 5.74) is -2.24. The zero-order valence-electron chi connectivity index (χ0n) is 67.9. The molecule has 24 fully saturated rings. The van der Waals surface area contributed by atoms with Gasteiger partial charge in [-0.05, 0) is 25.1 Å². The van der Waals surface area contributed by atoms with E-state index in [1.54, 1.807) is 0 Å². The van der Waals surface area contributed by atoms with E-state index in [2.05, 4.69) is 16.0 Å². The van der Waals surface area contributed by atoms with Crippen LogP contribution in [0.1, 0.15) is 25.7 Å². The SMILES string of the molecule is O=C(CCCCCNC(=S)NC[C@H]1O[C@@H]2O[C@H]3[C@H](O)[C@@H](O)[C@@H](O[C@H]4[C@H](O)[C@@H](O)[C@@H](O[C@H]5[C@H](O)[C@@H](O)[C@@H](O[C@H]6[C@H](O)[C@@H](O)[C@@H](O[C@H]7[C@H](O)[C@@H](O)[C@@H](O[C@H]8[C@H](O)[C@@H](O)[C@@H](O[C@H]1[C@H](O)[C@H]2O)O[C@@H]8CO)O[C@@H]7CO)O[C@@H]6CO)O[C@@H]5CO)O[C@@H]4CO)O[C@@H]3CO)NC(CO[C@H]1O[C@H](CO)[C@@H](O)[C@H](O)[C@@H]1O)(CO[C@H]1O[C@H](CO)[C@@H](O)[C@H](O)[C@@H]1O)CO[C@H]1O[C@H](CO)[C@@H](O)[C@H](O)[C@@H]1O. The fraction of sp³-hybridized carbons (Fsp3) is 0.972. The van der Waals surface area contributed by atoms with Gasteiger partial charge in [0.25, 0.3) is 0 Å². The van der Waals surface area contributed by atoms with Crippen molar-refractivity contribution in [3.63, 3.8) is 0 Å². The molecule has 50 atom stereocenters. The normalized spacial score (nSPS) is 49.0. The molecular formula is C71H121N3O53S. The molecule has 57 heteroatoms. The summed E-state index contributed by atoms with van der Waals surface area (Å²) in [6.45, 7) is -13.1. The van der Waals surface area contributed by atoms with Gasteiger partial charge in [0.05, 0.1) is 79.3 Å². The summed E-state index contributed by atoms with van der Waals surface area (Å²) in [5.74, 6) is -0.882. The van der Waals surface area contributed by atoms with Crippen LogP contribution in [0, 0.1) is 0 Å². The van der Waals surface area contributed by atoms with Crippen molar-refractivity contribution in [1.82, 2.24) is 16.0 Å². The molecule has 0 saturated carbocycles. The number of hydrogen-bond donors (Lipinski definition) is 35. The number of ether oxygens (including phenoxy) is 20. The number of amides is 1. The second-order valence-corrected chi connectivity index (χ2v) is 33.2. The molecule has 24 aliphatic rings. The Bertz CT molecular complexity index is 3240. The van der Waals surface area contributed by atoms with Crippen molar-refractivity contribution in [2.75, 3.05) is 92.4 Å². The minimum absolute atomic E-state index is 0.000391. The largest absolute Gasteiger partial charge is 0.394 e. The summed E-state index contributed by atoms with van der Waals surface area (Å²) >= 11 is 5.59. The molecule has 24 aliphatic heterocycles. The molecular weight excluding hydrogens is 1770 g/mol. The van der Waals surface area contributed by atoms with E-state index in [0.717, 1.165) is 0 Å². The highest BCUT2D eigenvalue weighted by Gasteiger charge is 2.61. The maximum Gasteiger partial charge on any atom is 0.220 e. The molecule has 24 rings (SSSR count). The van der Waals surface area contributed by atoms with Crippen molar-refractivity contribution in [2.45, 2.75) is 338 Å². The van der Waals surface area contributed by atoms with Crippen molar-refractivity contribution < 1.29 is 263 Å². The van der Waals surface area contributed by atoms with E-state index in [4.69, 9.17) is 107 Å². The maximum atomic E-state index is 14.3. The van der Waals surface area contributed by atoms with Gasteiger partial charge in [-0.1, -0.05) is 6.42 Å². The molecule has 0 aromatic carbocycles. The Balaban J connectivity index is 0.802. The van der Waals surface area contributed by atoms with Crippen LogP contribution in [0.5, 0.6) is 0 Å². The molecule has 56 nitrogen and oxygen atoms in total. The zero-order chi connectivity index (χ0) is 93.5. The Labute approximate surface area is 730 Å². The van der Waals surface area contributed by atoms with Gasteiger partial charge in [-0.3, -0.25) is 4.79 Å². The topological polar surface area (TPSA) is 885 Å². The summed E-state index contributed by atoms with van der Waals surface area (Å²) in [7, 11) is 0. The van der Waals surface area contributed by atoms with E-state index in [0.29, 0.717) is 0 Å². The monoisotopic (exact) mass is 1900 g/mol. The van der Waals surface area contributed by atoms with Crippen LogP contribution in [0.25, 0.3) is 0 Å². The van der Waals surface area contributed by atoms with Crippen molar-refractivity contribution in [2.24, 2.45) is 0 Å². The number of hydrogen-bond acceptors (Lipinski definition) is 54. The number of thiocarbonyl (C=S) groups is 1. The van der Waals surface area contributed by atoms with E-state index in [-0.39, 0.29) is 30.9 Å². The molecule has 24 heterocycles. The lowest BCUT2D eigenvalue weighted by Crippen LogP contribution is -2.68. The van der Waals surface area contributed by atoms with Crippen LogP contribution in [0.2, 0.25) is 0 Å². The summed E-state index contributed by atoms with van der Waals surface area (Å²) in [4.78, 5) is 14.3. The molecule has 0 aromatic rings. The molecule has 0 unspecified atom stereocenters. The Morgan fingerprint density at radius 1 is 0.250 bits per heavy atom. The number of aliphatic hydroxyl groups is 32. The van der Waals surface area contributed by atoms with E-state index in [1.165, 1.54) is 0 Å². The lowest BCUT2D eigenvalue weighted by Gasteiger charge is -2.50. The predicted molar refractivity (Wildman–Crippen MR) is 398 cm³/mol. The van der Waals surface area contributed by atoms with Gasteiger partial charge < -0.3 is 274 Å². The smallest absolute Gasteiger partial charge is 0.220 e. The van der Waals surface area contributed by atoms with E-state index in [9.17, 15) is 168 Å². The zero-order valence-corrected chi connectivity index (χ0v) is 68.7. The van der Waals surface area contributed by atoms with Gasteiger partial charge in [0.15, 0.2) is 68.0 Å². The quantitative estimate of drug-likeness (QED) is 0.0268. The highest BCUT2D eigenvalue weighted by Crippen LogP contribution is 2.41. The first-order valence-electron chi connectivity index (χ1n) is 41.3. The number of aliphatic hydroxyl groups excluding tert-OH is 32. The van der Waals surface area contributed by atoms with Crippen molar-refractivity contribution >= 4 is 23.2 Å². The summed E-state index contributed by atoms with van der Waals surface area (Å²) in [5, 5.41) is 361. The van der Waals surface area contributed by atoms with E-state index < -0.39 is 411 Å². The molecule has 0 spiro atoms. The van der Waals surface area contributed by atoms with E-state index >= 15 is 0 Å². The molecule has 35 N–H and O–H groups in total. The van der Waals surface area contributed by atoms with Gasteiger partial charge in [0.2, 0.25) is 5.91 Å². The molecule has 0 aromatic heterocycles. The van der Waals surface area contributed by atoms with Crippen molar-refractivity contribution in [3.05, 3.63) is 0 Å². The van der Waals surface area contributed by atoms with Gasteiger partial charge >= 0.3 is 0 Å². The summed E-state index contributed by atoms with van der Waals surface area (Å²) in [6, 6.07) is 0. The van der Waals surface area contributed by atoms with Crippen LogP contribution in [-0.2, 0) is 99.5 Å². The number of unbranched alkanes of at least 4 members (excludes halogenated alkanes) is 2. The number of carbonyl (C=O) groups is 1. The lowest BCUT2D eigenvalue weighted by atomic mass is 9.95. The Hall–Kier alpha value is -2.92. The molecule has 744 valence electrons. The molecule has 24 saturated heterocycles. The minimum atomic E-state index is -2.36. The number of carbonyl (C=O) groups excluding carboxylic acids is 1. The third kappa shape index (κ3) is 23.4. The number of nitrogens with one attached hydrogen (secondary N) is 3. The van der Waals surface area contributed by atoms with Crippen LogP contribution in [0.4, 0.5) is 0 Å². The summed E-state index contributed by atoms with van der Waals surface area (Å²) in [6.07, 6.45) is -103. The van der Waals surface area contributed by atoms with Gasteiger partial charge in [-0.2, -0.15) is 0 Å². The third-order valence-corrected chi connectivity index (χ3v) is 24.2. The lowest BCUT2D eigenvalue weighted by molar-refractivity contribution is -0.396. The Morgan fingerprint density at radius 3 is 0.711 bits per heavy atom. The molecule has 128 heavy (non-hydrogen) atoms. The second kappa shape index (κ2) is 47.0. The third-order valence-electron chi connectivity index (χ3n) is 24.0. The highest BCUT2D eigenvalue weighted by molar-refractivity contribution is 7.80. The Kier molecular flexibility index (Phi) is 38.7. The van der Waals surface area contributed by atoms with Crippen molar-refractivity contribution in [3.8, 4) is 0 Å². The summed E-state index contributed by atoms with van der Waals surface area (Å²) < 4.78 is 116. The first-order chi connectivity index (χ1) is 60.9. The first-order valence-corrected chi connectivity index (χ1v) is 41.7. The average Bonchev–Trinajstić information content (AvgIpc) is 0.793. The van der Waals surface area contributed by atoms with Gasteiger partial charge in [0.1, 0.15) is 250 Å². The average molecular weight is 1900 g/mol. The number of rotatable bonds is 27. The Morgan fingerprint density at radius 2 is 0.477 bits per heavy atom. The minimum Gasteiger partial charge on any atom is -0.394 e. The maximum absolute atomic E-state index is 14.3. The molecule has 1 amide bonds. The molecule has 14 bridgehead atoms. The fourth-order valence-corrected chi connectivity index (χ4v) is 16.6. The van der Waals surface area contributed by atoms with Gasteiger partial charge in [-0.25, -0.2) is 0 Å². The second-order valence-electron chi connectivity index (χ2n) is 32.8.